The average Bonchev–Trinajstić information content (AvgIpc) is 2.29. The summed E-state index contributed by atoms with van der Waals surface area (Å²) >= 11 is 0. The molecule has 0 radical (unpaired) electrons. The molecule has 0 aliphatic carbocycles. The van der Waals surface area contributed by atoms with E-state index in [0.717, 1.165) is 18.2 Å². The van der Waals surface area contributed by atoms with Crippen molar-refractivity contribution in [3.8, 4) is 12.1 Å². The van der Waals surface area contributed by atoms with Crippen molar-refractivity contribution >= 4 is 11.8 Å². The van der Waals surface area contributed by atoms with E-state index in [2.05, 4.69) is 0 Å². The molecule has 1 rings (SSSR count). The summed E-state index contributed by atoms with van der Waals surface area (Å²) in [6, 6.07) is 5.11. The normalized spacial score (nSPS) is 8.94. The van der Waals surface area contributed by atoms with Gasteiger partial charge >= 0.3 is 0 Å². The molecule has 84 valence electrons. The van der Waals surface area contributed by atoms with Crippen LogP contribution in [0, 0.1) is 45.5 Å². The lowest BCUT2D eigenvalue weighted by Gasteiger charge is -2.03. The molecule has 17 heavy (non-hydrogen) atoms. The molecule has 0 saturated carbocycles. The summed E-state index contributed by atoms with van der Waals surface area (Å²) in [6.07, 6.45) is 0.998. The van der Waals surface area contributed by atoms with Gasteiger partial charge in [-0.25, -0.2) is 4.39 Å². The number of nitriles is 2. The van der Waals surface area contributed by atoms with E-state index in [-0.39, 0.29) is 22.4 Å². The summed E-state index contributed by atoms with van der Waals surface area (Å²) < 4.78 is 13.4. The van der Waals surface area contributed by atoms with E-state index in [4.69, 9.17) is 10.5 Å². The van der Waals surface area contributed by atoms with Crippen molar-refractivity contribution in [3.05, 3.63) is 44.8 Å². The van der Waals surface area contributed by atoms with Crippen LogP contribution in [0.25, 0.3) is 6.08 Å². The van der Waals surface area contributed by atoms with Crippen molar-refractivity contribution in [2.75, 3.05) is 0 Å². The number of nitrogens with zero attached hydrogens (tertiary/aromatic N) is 3. The maximum atomic E-state index is 13.4. The summed E-state index contributed by atoms with van der Waals surface area (Å²) in [5.41, 5.74) is -0.601. The van der Waals surface area contributed by atoms with E-state index in [0.29, 0.717) is 0 Å². The van der Waals surface area contributed by atoms with Crippen LogP contribution >= 0.6 is 0 Å². The van der Waals surface area contributed by atoms with E-state index < -0.39 is 10.7 Å². The van der Waals surface area contributed by atoms with E-state index >= 15 is 0 Å². The SMILES string of the molecule is Cc1c([N+](=O)[O-])ccc(F)c1C=C(C#N)C#N. The Morgan fingerprint density at radius 3 is 2.53 bits per heavy atom. The first-order chi connectivity index (χ1) is 8.01. The Bertz CT molecular complexity index is 578. The van der Waals surface area contributed by atoms with Crippen LogP contribution in [-0.2, 0) is 0 Å². The van der Waals surface area contributed by atoms with Gasteiger partial charge in [0.25, 0.3) is 5.69 Å². The van der Waals surface area contributed by atoms with Gasteiger partial charge < -0.3 is 0 Å². The summed E-state index contributed by atoms with van der Waals surface area (Å²) in [7, 11) is 0. The fraction of sp³-hybridized carbons (Fsp3) is 0.0909. The van der Waals surface area contributed by atoms with Crippen LogP contribution in [0.1, 0.15) is 11.1 Å². The zero-order valence-corrected chi connectivity index (χ0v) is 8.77. The maximum absolute atomic E-state index is 13.4. The van der Waals surface area contributed by atoms with Crippen LogP contribution in [-0.4, -0.2) is 4.92 Å². The van der Waals surface area contributed by atoms with Crippen LogP contribution in [0.4, 0.5) is 10.1 Å². The van der Waals surface area contributed by atoms with Crippen molar-refractivity contribution in [2.45, 2.75) is 6.92 Å². The molecular weight excluding hydrogens is 225 g/mol. The van der Waals surface area contributed by atoms with Gasteiger partial charge in [-0.3, -0.25) is 10.1 Å². The molecule has 6 heteroatoms. The number of allylic oxidation sites excluding steroid dienone is 1. The van der Waals surface area contributed by atoms with Gasteiger partial charge in [0.05, 0.1) is 4.92 Å². The Labute approximate surface area is 96.2 Å². The molecule has 0 N–H and O–H groups in total. The fourth-order valence-corrected chi connectivity index (χ4v) is 1.29. The molecule has 0 amide bonds. The quantitative estimate of drug-likeness (QED) is 0.444. The summed E-state index contributed by atoms with van der Waals surface area (Å²) in [6.45, 7) is 1.36. The van der Waals surface area contributed by atoms with Crippen LogP contribution in [0.2, 0.25) is 0 Å². The molecule has 5 nitrogen and oxygen atoms in total. The molecule has 0 unspecified atom stereocenters. The molecule has 1 aromatic rings. The lowest BCUT2D eigenvalue weighted by atomic mass is 10.0. The molecule has 0 atom stereocenters. The summed E-state index contributed by atoms with van der Waals surface area (Å²) in [4.78, 5) is 9.99. The number of nitro groups is 1. The molecule has 0 aliphatic heterocycles. The minimum atomic E-state index is -0.712. The van der Waals surface area contributed by atoms with Gasteiger partial charge in [-0.1, -0.05) is 0 Å². The van der Waals surface area contributed by atoms with Gasteiger partial charge in [-0.05, 0) is 19.1 Å². The van der Waals surface area contributed by atoms with Crippen LogP contribution < -0.4 is 0 Å². The van der Waals surface area contributed by atoms with Gasteiger partial charge in [0.15, 0.2) is 0 Å². The molecule has 0 aromatic heterocycles. The lowest BCUT2D eigenvalue weighted by Crippen LogP contribution is -1.96. The van der Waals surface area contributed by atoms with E-state index in [9.17, 15) is 14.5 Å². The third kappa shape index (κ3) is 2.44. The Balaban J connectivity index is 3.50. The molecule has 0 spiro atoms. The molecule has 0 saturated heterocycles. The highest BCUT2D eigenvalue weighted by Crippen LogP contribution is 2.25. The summed E-state index contributed by atoms with van der Waals surface area (Å²) in [5, 5.41) is 27.7. The Morgan fingerprint density at radius 1 is 1.47 bits per heavy atom. The number of hydrogen-bond acceptors (Lipinski definition) is 4. The van der Waals surface area contributed by atoms with Crippen molar-refractivity contribution in [3.63, 3.8) is 0 Å². The number of benzene rings is 1. The number of nitro benzene ring substituents is 1. The minimum Gasteiger partial charge on any atom is -0.258 e. The zero-order valence-electron chi connectivity index (χ0n) is 8.77. The predicted molar refractivity (Wildman–Crippen MR) is 57.0 cm³/mol. The van der Waals surface area contributed by atoms with Crippen molar-refractivity contribution < 1.29 is 9.31 Å². The van der Waals surface area contributed by atoms with Gasteiger partial charge in [-0.15, -0.1) is 0 Å². The zero-order chi connectivity index (χ0) is 13.0. The predicted octanol–water partition coefficient (Wildman–Crippen LogP) is 2.47. The largest absolute Gasteiger partial charge is 0.273 e. The van der Waals surface area contributed by atoms with E-state index in [1.54, 1.807) is 12.1 Å². The third-order valence-electron chi connectivity index (χ3n) is 2.16. The van der Waals surface area contributed by atoms with Crippen LogP contribution in [0.15, 0.2) is 17.7 Å². The van der Waals surface area contributed by atoms with Crippen LogP contribution in [0.3, 0.4) is 0 Å². The highest BCUT2D eigenvalue weighted by molar-refractivity contribution is 5.67. The maximum Gasteiger partial charge on any atom is 0.273 e. The fourth-order valence-electron chi connectivity index (χ4n) is 1.29. The third-order valence-corrected chi connectivity index (χ3v) is 2.16. The smallest absolute Gasteiger partial charge is 0.258 e. The topological polar surface area (TPSA) is 90.7 Å². The molecule has 1 aromatic carbocycles. The van der Waals surface area contributed by atoms with Gasteiger partial charge in [0.1, 0.15) is 23.5 Å². The Kier molecular flexibility index (Phi) is 3.53. The Hall–Kier alpha value is -2.73. The van der Waals surface area contributed by atoms with Crippen molar-refractivity contribution in [2.24, 2.45) is 0 Å². The van der Waals surface area contributed by atoms with Crippen molar-refractivity contribution in [1.82, 2.24) is 0 Å². The van der Waals surface area contributed by atoms with Gasteiger partial charge in [0, 0.05) is 17.2 Å². The summed E-state index contributed by atoms with van der Waals surface area (Å²) in [5.74, 6) is -0.712. The van der Waals surface area contributed by atoms with E-state index in [1.807, 2.05) is 0 Å². The van der Waals surface area contributed by atoms with Crippen molar-refractivity contribution in [1.29, 1.82) is 10.5 Å². The van der Waals surface area contributed by atoms with E-state index in [1.165, 1.54) is 6.92 Å². The molecule has 0 aliphatic rings. The minimum absolute atomic E-state index is 0.0815. The lowest BCUT2D eigenvalue weighted by molar-refractivity contribution is -0.385. The standard InChI is InChI=1S/C11H6FN3O2/c1-7-9(4-8(5-13)6-14)10(12)2-3-11(7)15(16)17/h2-4H,1H3. The molecule has 0 heterocycles. The molecule has 0 fully saturated rings. The second-order valence-electron chi connectivity index (χ2n) is 3.14. The first-order valence-electron chi connectivity index (χ1n) is 4.46. The molecule has 0 bridgehead atoms. The first kappa shape index (κ1) is 12.3. The number of halogens is 1. The highest BCUT2D eigenvalue weighted by Gasteiger charge is 2.16. The van der Waals surface area contributed by atoms with Crippen LogP contribution in [0.5, 0.6) is 0 Å². The average molecular weight is 231 g/mol. The monoisotopic (exact) mass is 231 g/mol. The first-order valence-corrected chi connectivity index (χ1v) is 4.46. The highest BCUT2D eigenvalue weighted by atomic mass is 19.1. The second kappa shape index (κ2) is 4.86. The number of rotatable bonds is 2. The molecular formula is C11H6FN3O2. The second-order valence-corrected chi connectivity index (χ2v) is 3.14. The number of hydrogen-bond donors (Lipinski definition) is 0. The van der Waals surface area contributed by atoms with Gasteiger partial charge in [0.2, 0.25) is 0 Å². The van der Waals surface area contributed by atoms with Gasteiger partial charge in [-0.2, -0.15) is 10.5 Å². The Morgan fingerprint density at radius 2 is 2.06 bits per heavy atom.